The molecule has 1 aromatic carbocycles. The molecular weight excluding hydrogens is 260 g/mol. The Kier molecular flexibility index (Phi) is 3.82. The van der Waals surface area contributed by atoms with Crippen molar-refractivity contribution in [1.82, 2.24) is 4.98 Å². The first-order chi connectivity index (χ1) is 9.62. The van der Waals surface area contributed by atoms with E-state index in [-0.39, 0.29) is 11.4 Å². The second-order valence-corrected chi connectivity index (χ2v) is 3.80. The number of nitrogens with zero attached hydrogens (tertiary/aromatic N) is 2. The molecule has 0 aliphatic carbocycles. The van der Waals surface area contributed by atoms with E-state index in [2.05, 4.69) is 4.98 Å². The fourth-order valence-corrected chi connectivity index (χ4v) is 1.53. The Morgan fingerprint density at radius 2 is 2.05 bits per heavy atom. The lowest BCUT2D eigenvalue weighted by atomic mass is 10.2. The van der Waals surface area contributed by atoms with E-state index in [1.54, 1.807) is 12.1 Å². The maximum atomic E-state index is 10.9. The summed E-state index contributed by atoms with van der Waals surface area (Å²) in [5.74, 6) is -0.132. The lowest BCUT2D eigenvalue weighted by Crippen LogP contribution is -1.98. The van der Waals surface area contributed by atoms with E-state index in [9.17, 15) is 4.79 Å². The van der Waals surface area contributed by atoms with Crippen molar-refractivity contribution < 1.29 is 19.4 Å². The van der Waals surface area contributed by atoms with Gasteiger partial charge in [-0.15, -0.1) is 0 Å². The molecule has 0 saturated heterocycles. The van der Waals surface area contributed by atoms with Crippen LogP contribution in [0, 0.1) is 11.3 Å². The monoisotopic (exact) mass is 270 g/mol. The second kappa shape index (κ2) is 5.71. The van der Waals surface area contributed by atoms with E-state index in [0.29, 0.717) is 17.1 Å². The molecular formula is C14H10N2O4. The number of carbonyl (C=O) groups is 1. The number of rotatable bonds is 4. The van der Waals surface area contributed by atoms with Crippen LogP contribution in [0.3, 0.4) is 0 Å². The lowest BCUT2D eigenvalue weighted by molar-refractivity contribution is 0.0696. The van der Waals surface area contributed by atoms with Gasteiger partial charge in [0.2, 0.25) is 5.88 Å². The first-order valence-electron chi connectivity index (χ1n) is 5.59. The molecule has 1 aromatic heterocycles. The standard InChI is InChI=1S/C14H10N2O4/c1-19-11-4-9(8-15)5-12(7-11)20-13-6-10(14(17)18)2-3-16-13/h2-7H,1H3,(H,17,18). The predicted octanol–water partition coefficient (Wildman–Crippen LogP) is 2.45. The number of hydrogen-bond donors (Lipinski definition) is 1. The highest BCUT2D eigenvalue weighted by Crippen LogP contribution is 2.26. The molecule has 0 unspecified atom stereocenters. The first-order valence-corrected chi connectivity index (χ1v) is 5.59. The summed E-state index contributed by atoms with van der Waals surface area (Å²) in [5, 5.41) is 17.8. The van der Waals surface area contributed by atoms with Gasteiger partial charge in [0.05, 0.1) is 24.3 Å². The summed E-state index contributed by atoms with van der Waals surface area (Å²) >= 11 is 0. The molecule has 0 bridgehead atoms. The average molecular weight is 270 g/mol. The Morgan fingerprint density at radius 1 is 1.30 bits per heavy atom. The zero-order chi connectivity index (χ0) is 14.5. The minimum Gasteiger partial charge on any atom is -0.497 e. The Morgan fingerprint density at radius 3 is 2.70 bits per heavy atom. The summed E-state index contributed by atoms with van der Waals surface area (Å²) in [6, 6.07) is 9.30. The number of hydrogen-bond acceptors (Lipinski definition) is 5. The van der Waals surface area contributed by atoms with Gasteiger partial charge in [-0.25, -0.2) is 9.78 Å². The second-order valence-electron chi connectivity index (χ2n) is 3.80. The fourth-order valence-electron chi connectivity index (χ4n) is 1.53. The molecule has 0 atom stereocenters. The van der Waals surface area contributed by atoms with Gasteiger partial charge >= 0.3 is 5.97 Å². The van der Waals surface area contributed by atoms with Crippen molar-refractivity contribution in [2.75, 3.05) is 7.11 Å². The molecule has 0 fully saturated rings. The number of ether oxygens (including phenoxy) is 2. The van der Waals surface area contributed by atoms with E-state index in [1.807, 2.05) is 6.07 Å². The van der Waals surface area contributed by atoms with Crippen LogP contribution in [0.1, 0.15) is 15.9 Å². The molecule has 100 valence electrons. The molecule has 2 aromatic rings. The molecule has 1 N–H and O–H groups in total. The number of carboxylic acid groups (broad SMARTS) is 1. The summed E-state index contributed by atoms with van der Waals surface area (Å²) < 4.78 is 10.5. The quantitative estimate of drug-likeness (QED) is 0.917. The molecule has 2 rings (SSSR count). The highest BCUT2D eigenvalue weighted by molar-refractivity contribution is 5.87. The first kappa shape index (κ1) is 13.4. The van der Waals surface area contributed by atoms with Crippen molar-refractivity contribution in [2.24, 2.45) is 0 Å². The maximum absolute atomic E-state index is 10.9. The van der Waals surface area contributed by atoms with E-state index in [1.165, 1.54) is 31.5 Å². The summed E-state index contributed by atoms with van der Waals surface area (Å²) in [4.78, 5) is 14.8. The highest BCUT2D eigenvalue weighted by atomic mass is 16.5. The Labute approximate surface area is 114 Å². The minimum absolute atomic E-state index is 0.0680. The average Bonchev–Trinajstić information content (AvgIpc) is 2.47. The minimum atomic E-state index is -1.07. The van der Waals surface area contributed by atoms with Crippen LogP contribution in [0.15, 0.2) is 36.5 Å². The van der Waals surface area contributed by atoms with Gasteiger partial charge in [0.15, 0.2) is 0 Å². The zero-order valence-electron chi connectivity index (χ0n) is 10.5. The fraction of sp³-hybridized carbons (Fsp3) is 0.0714. The number of nitriles is 1. The van der Waals surface area contributed by atoms with Crippen molar-refractivity contribution >= 4 is 5.97 Å². The molecule has 20 heavy (non-hydrogen) atoms. The third kappa shape index (κ3) is 3.03. The van der Waals surface area contributed by atoms with E-state index >= 15 is 0 Å². The number of carboxylic acids is 1. The van der Waals surface area contributed by atoms with E-state index < -0.39 is 5.97 Å². The van der Waals surface area contributed by atoms with Gasteiger partial charge in [0.25, 0.3) is 0 Å². The van der Waals surface area contributed by atoms with Crippen molar-refractivity contribution in [3.05, 3.63) is 47.7 Å². The van der Waals surface area contributed by atoms with Crippen LogP contribution in [-0.4, -0.2) is 23.2 Å². The number of methoxy groups -OCH3 is 1. The number of benzene rings is 1. The summed E-state index contributed by atoms with van der Waals surface area (Å²) in [5.41, 5.74) is 0.437. The van der Waals surface area contributed by atoms with Gasteiger partial charge in [-0.2, -0.15) is 5.26 Å². The van der Waals surface area contributed by atoms with Gasteiger partial charge < -0.3 is 14.6 Å². The third-order valence-corrected chi connectivity index (χ3v) is 2.45. The van der Waals surface area contributed by atoms with Gasteiger partial charge in [-0.1, -0.05) is 0 Å². The smallest absolute Gasteiger partial charge is 0.335 e. The molecule has 0 amide bonds. The van der Waals surface area contributed by atoms with Crippen LogP contribution >= 0.6 is 0 Å². The molecule has 0 aliphatic heterocycles. The van der Waals surface area contributed by atoms with Crippen molar-refractivity contribution in [3.8, 4) is 23.4 Å². The normalized spacial score (nSPS) is 9.60. The number of pyridine rings is 1. The van der Waals surface area contributed by atoms with Gasteiger partial charge in [0.1, 0.15) is 11.5 Å². The van der Waals surface area contributed by atoms with E-state index in [4.69, 9.17) is 19.8 Å². The Balaban J connectivity index is 2.32. The molecule has 1 heterocycles. The highest BCUT2D eigenvalue weighted by Gasteiger charge is 2.08. The van der Waals surface area contributed by atoms with Gasteiger partial charge in [-0.3, -0.25) is 0 Å². The van der Waals surface area contributed by atoms with Crippen LogP contribution in [-0.2, 0) is 0 Å². The number of aromatic nitrogens is 1. The van der Waals surface area contributed by atoms with Gasteiger partial charge in [-0.05, 0) is 18.2 Å². The lowest BCUT2D eigenvalue weighted by Gasteiger charge is -2.07. The van der Waals surface area contributed by atoms with Crippen molar-refractivity contribution in [1.29, 1.82) is 5.26 Å². The van der Waals surface area contributed by atoms with Crippen molar-refractivity contribution in [2.45, 2.75) is 0 Å². The van der Waals surface area contributed by atoms with E-state index in [0.717, 1.165) is 0 Å². The van der Waals surface area contributed by atoms with Gasteiger partial charge in [0, 0.05) is 18.3 Å². The Bertz CT molecular complexity index is 692. The van der Waals surface area contributed by atoms with Crippen LogP contribution in [0.4, 0.5) is 0 Å². The topological polar surface area (TPSA) is 92.4 Å². The van der Waals surface area contributed by atoms with Crippen LogP contribution in [0.5, 0.6) is 17.4 Å². The van der Waals surface area contributed by atoms with Crippen LogP contribution in [0.25, 0.3) is 0 Å². The summed E-state index contributed by atoms with van der Waals surface area (Å²) in [6.45, 7) is 0. The Hall–Kier alpha value is -3.07. The summed E-state index contributed by atoms with van der Waals surface area (Å²) in [6.07, 6.45) is 1.34. The number of aromatic carboxylic acids is 1. The largest absolute Gasteiger partial charge is 0.497 e. The third-order valence-electron chi connectivity index (χ3n) is 2.45. The molecule has 0 radical (unpaired) electrons. The molecule has 0 saturated carbocycles. The molecule has 0 aliphatic rings. The van der Waals surface area contributed by atoms with Crippen molar-refractivity contribution in [3.63, 3.8) is 0 Å². The predicted molar refractivity (Wildman–Crippen MR) is 69.0 cm³/mol. The SMILES string of the molecule is COc1cc(C#N)cc(Oc2cc(C(=O)O)ccn2)c1. The van der Waals surface area contributed by atoms with Crippen LogP contribution < -0.4 is 9.47 Å². The molecule has 6 heteroatoms. The van der Waals surface area contributed by atoms with Crippen LogP contribution in [0.2, 0.25) is 0 Å². The zero-order valence-corrected chi connectivity index (χ0v) is 10.5. The molecule has 6 nitrogen and oxygen atoms in total. The summed E-state index contributed by atoms with van der Waals surface area (Å²) in [7, 11) is 1.48. The maximum Gasteiger partial charge on any atom is 0.335 e. The molecule has 0 spiro atoms.